The van der Waals surface area contributed by atoms with Crippen LogP contribution >= 0.6 is 11.6 Å². The Labute approximate surface area is 198 Å². The number of aliphatic hydroxyl groups is 2. The van der Waals surface area contributed by atoms with E-state index in [1.165, 1.54) is 0 Å². The highest BCUT2D eigenvalue weighted by atomic mass is 35.5. The van der Waals surface area contributed by atoms with Gasteiger partial charge in [0.15, 0.2) is 0 Å². The summed E-state index contributed by atoms with van der Waals surface area (Å²) < 4.78 is 5.54. The Balaban J connectivity index is 1.42. The van der Waals surface area contributed by atoms with Gasteiger partial charge in [-0.15, -0.1) is 0 Å². The molecule has 174 valence electrons. The topological polar surface area (TPSA) is 103 Å². The summed E-state index contributed by atoms with van der Waals surface area (Å²) >= 11 is 5.93. The van der Waals surface area contributed by atoms with Gasteiger partial charge in [0.2, 0.25) is 0 Å². The summed E-state index contributed by atoms with van der Waals surface area (Å²) in [6.45, 7) is 0.377. The summed E-state index contributed by atoms with van der Waals surface area (Å²) in [6, 6.07) is 23.0. The smallest absolute Gasteiger partial charge is 0.323 e. The molecule has 3 rings (SSSR count). The number of rotatable bonds is 11. The molecule has 0 fully saturated rings. The summed E-state index contributed by atoms with van der Waals surface area (Å²) in [6.07, 6.45) is -0.138. The highest BCUT2D eigenvalue weighted by Gasteiger charge is 2.12. The van der Waals surface area contributed by atoms with Crippen molar-refractivity contribution in [3.63, 3.8) is 0 Å². The van der Waals surface area contributed by atoms with Crippen LogP contribution in [0, 0.1) is 0 Å². The quantitative estimate of drug-likeness (QED) is 0.293. The molecule has 0 bridgehead atoms. The van der Waals surface area contributed by atoms with Crippen molar-refractivity contribution in [1.29, 1.82) is 0 Å². The first kappa shape index (κ1) is 24.5. The number of halogens is 1. The molecule has 3 aromatic rings. The fourth-order valence-corrected chi connectivity index (χ4v) is 3.33. The zero-order valence-corrected chi connectivity index (χ0v) is 18.8. The Bertz CT molecular complexity index is 1000. The number of nitrogens with one attached hydrogen (secondary N) is 3. The van der Waals surface area contributed by atoms with Gasteiger partial charge in [0, 0.05) is 29.0 Å². The van der Waals surface area contributed by atoms with E-state index in [-0.39, 0.29) is 25.3 Å². The van der Waals surface area contributed by atoms with Crippen LogP contribution in [-0.2, 0) is 6.42 Å². The number of benzene rings is 3. The number of urea groups is 1. The van der Waals surface area contributed by atoms with Gasteiger partial charge in [-0.1, -0.05) is 48.0 Å². The minimum absolute atomic E-state index is 0.0751. The van der Waals surface area contributed by atoms with Crippen LogP contribution in [0.15, 0.2) is 78.9 Å². The van der Waals surface area contributed by atoms with E-state index in [2.05, 4.69) is 16.0 Å². The van der Waals surface area contributed by atoms with Gasteiger partial charge in [-0.05, 0) is 54.4 Å². The SMILES string of the molecule is O=C(Nc1ccc(C[C@@H](CO)NC[C@H](O)COc2ccccc2)cc1)Nc1cccc(Cl)c1. The van der Waals surface area contributed by atoms with E-state index in [1.807, 2.05) is 42.5 Å². The van der Waals surface area contributed by atoms with Gasteiger partial charge in [-0.3, -0.25) is 0 Å². The average molecular weight is 470 g/mol. The van der Waals surface area contributed by atoms with Crippen LogP contribution in [0.25, 0.3) is 0 Å². The maximum atomic E-state index is 12.2. The number of ether oxygens (including phenoxy) is 1. The lowest BCUT2D eigenvalue weighted by molar-refractivity contribution is 0.0997. The summed E-state index contributed by atoms with van der Waals surface area (Å²) in [7, 11) is 0. The van der Waals surface area contributed by atoms with Crippen LogP contribution in [0.1, 0.15) is 5.56 Å². The third kappa shape index (κ3) is 8.75. The second-order valence-corrected chi connectivity index (χ2v) is 7.99. The monoisotopic (exact) mass is 469 g/mol. The molecule has 8 heteroatoms. The fourth-order valence-electron chi connectivity index (χ4n) is 3.14. The molecule has 0 aliphatic heterocycles. The van der Waals surface area contributed by atoms with Crippen LogP contribution in [0.4, 0.5) is 16.2 Å². The molecule has 2 amide bonds. The first-order chi connectivity index (χ1) is 16.0. The third-order valence-electron chi connectivity index (χ3n) is 4.82. The molecule has 5 N–H and O–H groups in total. The highest BCUT2D eigenvalue weighted by molar-refractivity contribution is 6.30. The minimum Gasteiger partial charge on any atom is -0.491 e. The second-order valence-electron chi connectivity index (χ2n) is 7.56. The summed E-state index contributed by atoms with van der Waals surface area (Å²) in [4.78, 5) is 12.2. The minimum atomic E-state index is -0.705. The van der Waals surface area contributed by atoms with Crippen molar-refractivity contribution < 1.29 is 19.7 Å². The first-order valence-electron chi connectivity index (χ1n) is 10.6. The Morgan fingerprint density at radius 3 is 2.36 bits per heavy atom. The lowest BCUT2D eigenvalue weighted by atomic mass is 10.1. The largest absolute Gasteiger partial charge is 0.491 e. The molecule has 0 spiro atoms. The molecule has 7 nitrogen and oxygen atoms in total. The van der Waals surface area contributed by atoms with E-state index in [0.717, 1.165) is 5.56 Å². The van der Waals surface area contributed by atoms with Crippen LogP contribution in [0.2, 0.25) is 5.02 Å². The summed E-state index contributed by atoms with van der Waals surface area (Å²) in [5, 5.41) is 29.0. The molecule has 0 radical (unpaired) electrons. The zero-order chi connectivity index (χ0) is 23.5. The maximum Gasteiger partial charge on any atom is 0.323 e. The number of carbonyl (C=O) groups is 1. The standard InChI is InChI=1S/C25H28ClN3O4/c26-19-5-4-6-21(14-19)29-25(32)28-20-11-9-18(10-12-20)13-22(16-30)27-15-23(31)17-33-24-7-2-1-3-8-24/h1-12,14,22-23,27,30-31H,13,15-17H2,(H2,28,29,32)/t22-,23-/m0/s1. The van der Waals surface area contributed by atoms with Gasteiger partial charge < -0.3 is 30.9 Å². The van der Waals surface area contributed by atoms with Gasteiger partial charge in [0.25, 0.3) is 0 Å². The van der Waals surface area contributed by atoms with Crippen LogP contribution < -0.4 is 20.7 Å². The molecule has 33 heavy (non-hydrogen) atoms. The van der Waals surface area contributed by atoms with Crippen LogP contribution in [0.5, 0.6) is 5.75 Å². The third-order valence-corrected chi connectivity index (χ3v) is 5.06. The molecular weight excluding hydrogens is 442 g/mol. The Kier molecular flexibility index (Phi) is 9.53. The molecule has 0 unspecified atom stereocenters. The van der Waals surface area contributed by atoms with Crippen molar-refractivity contribution in [1.82, 2.24) is 5.32 Å². The first-order valence-corrected chi connectivity index (χ1v) is 11.0. The number of para-hydroxylation sites is 1. The predicted molar refractivity (Wildman–Crippen MR) is 131 cm³/mol. The van der Waals surface area contributed by atoms with Gasteiger partial charge in [-0.25, -0.2) is 4.79 Å². The van der Waals surface area contributed by atoms with Crippen molar-refractivity contribution in [2.75, 3.05) is 30.4 Å². The number of hydrogen-bond acceptors (Lipinski definition) is 5. The average Bonchev–Trinajstić information content (AvgIpc) is 2.82. The van der Waals surface area contributed by atoms with Crippen LogP contribution in [-0.4, -0.2) is 48.1 Å². The highest BCUT2D eigenvalue weighted by Crippen LogP contribution is 2.16. The van der Waals surface area contributed by atoms with E-state index in [4.69, 9.17) is 16.3 Å². The number of aliphatic hydroxyl groups excluding tert-OH is 2. The molecule has 0 aliphatic rings. The van der Waals surface area contributed by atoms with E-state index in [9.17, 15) is 15.0 Å². The number of anilines is 2. The van der Waals surface area contributed by atoms with Crippen molar-refractivity contribution in [2.45, 2.75) is 18.6 Å². The van der Waals surface area contributed by atoms with Gasteiger partial charge in [0.1, 0.15) is 18.5 Å². The van der Waals surface area contributed by atoms with Gasteiger partial charge in [0.05, 0.1) is 6.61 Å². The molecule has 0 heterocycles. The molecular formula is C25H28ClN3O4. The van der Waals surface area contributed by atoms with Crippen molar-refractivity contribution in [3.05, 3.63) is 89.4 Å². The Morgan fingerprint density at radius 1 is 0.939 bits per heavy atom. The van der Waals surface area contributed by atoms with Crippen molar-refractivity contribution >= 4 is 29.0 Å². The summed E-state index contributed by atoms with van der Waals surface area (Å²) in [5.74, 6) is 0.699. The second kappa shape index (κ2) is 12.8. The number of carbonyl (C=O) groups excluding carboxylic acids is 1. The molecule has 0 saturated carbocycles. The van der Waals surface area contributed by atoms with Gasteiger partial charge >= 0.3 is 6.03 Å². The molecule has 0 saturated heterocycles. The van der Waals surface area contributed by atoms with Gasteiger partial charge in [-0.2, -0.15) is 0 Å². The normalized spacial score (nSPS) is 12.6. The lowest BCUT2D eigenvalue weighted by Gasteiger charge is -2.19. The zero-order valence-electron chi connectivity index (χ0n) is 18.1. The molecule has 2 atom stereocenters. The lowest BCUT2D eigenvalue weighted by Crippen LogP contribution is -2.41. The van der Waals surface area contributed by atoms with E-state index < -0.39 is 6.10 Å². The predicted octanol–water partition coefficient (Wildman–Crippen LogP) is 3.92. The fraction of sp³-hybridized carbons (Fsp3) is 0.240. The maximum absolute atomic E-state index is 12.2. The molecule has 3 aromatic carbocycles. The van der Waals surface area contributed by atoms with Crippen molar-refractivity contribution in [3.8, 4) is 5.75 Å². The Hall–Kier alpha value is -3.10. The summed E-state index contributed by atoms with van der Waals surface area (Å²) in [5.41, 5.74) is 2.22. The van der Waals surface area contributed by atoms with E-state index in [1.54, 1.807) is 36.4 Å². The molecule has 0 aromatic heterocycles. The van der Waals surface area contributed by atoms with E-state index >= 15 is 0 Å². The van der Waals surface area contributed by atoms with E-state index in [0.29, 0.717) is 35.1 Å². The molecule has 0 aliphatic carbocycles. The van der Waals surface area contributed by atoms with Crippen molar-refractivity contribution in [2.24, 2.45) is 0 Å². The number of amides is 2. The number of hydrogen-bond donors (Lipinski definition) is 5. The van der Waals surface area contributed by atoms with Crippen LogP contribution in [0.3, 0.4) is 0 Å². The Morgan fingerprint density at radius 2 is 1.67 bits per heavy atom.